The zero-order chi connectivity index (χ0) is 18.0. The van der Waals surface area contributed by atoms with Gasteiger partial charge in [0, 0.05) is 23.7 Å². The van der Waals surface area contributed by atoms with Gasteiger partial charge in [-0.3, -0.25) is 14.4 Å². The van der Waals surface area contributed by atoms with Crippen LogP contribution >= 0.6 is 11.6 Å². The molecule has 2 aromatic rings. The Kier molecular flexibility index (Phi) is 4.86. The normalized spacial score (nSPS) is 16.8. The lowest BCUT2D eigenvalue weighted by Crippen LogP contribution is -2.27. The number of nitrogens with zero attached hydrogens (tertiary/aromatic N) is 1. The molecule has 0 spiro atoms. The first-order valence-electron chi connectivity index (χ1n) is 7.82. The quantitative estimate of drug-likeness (QED) is 0.478. The van der Waals surface area contributed by atoms with Crippen molar-refractivity contribution in [3.05, 3.63) is 58.6 Å². The summed E-state index contributed by atoms with van der Waals surface area (Å²) in [4.78, 5) is 37.2. The van der Waals surface area contributed by atoms with E-state index in [9.17, 15) is 14.4 Å². The highest BCUT2D eigenvalue weighted by Gasteiger charge is 2.36. The van der Waals surface area contributed by atoms with Crippen molar-refractivity contribution >= 4 is 35.5 Å². The number of rotatable bonds is 4. The summed E-state index contributed by atoms with van der Waals surface area (Å²) < 4.78 is 5.32. The highest BCUT2D eigenvalue weighted by Crippen LogP contribution is 2.30. The van der Waals surface area contributed by atoms with Crippen LogP contribution in [0.25, 0.3) is 0 Å². The molecule has 2 aromatic carbocycles. The molecule has 0 radical (unpaired) electrons. The lowest BCUT2D eigenvalue weighted by Gasteiger charge is -2.17. The Morgan fingerprint density at radius 2 is 2.04 bits per heavy atom. The summed E-state index contributed by atoms with van der Waals surface area (Å²) in [5, 5.41) is 0.566. The highest BCUT2D eigenvalue weighted by molar-refractivity contribution is 6.31. The Balaban J connectivity index is 1.74. The molecule has 128 valence electrons. The third-order valence-electron chi connectivity index (χ3n) is 4.18. The second-order valence-electron chi connectivity index (χ2n) is 5.92. The summed E-state index contributed by atoms with van der Waals surface area (Å²) in [5.74, 6) is -1.08. The minimum absolute atomic E-state index is 0.0631. The van der Waals surface area contributed by atoms with Gasteiger partial charge in [0.1, 0.15) is 5.75 Å². The number of hydrogen-bond acceptors (Lipinski definition) is 4. The van der Waals surface area contributed by atoms with Crippen LogP contribution in [0.3, 0.4) is 0 Å². The van der Waals surface area contributed by atoms with Gasteiger partial charge in [-0.15, -0.1) is 0 Å². The summed E-state index contributed by atoms with van der Waals surface area (Å²) in [5.41, 5.74) is 1.87. The average Bonchev–Trinajstić information content (AvgIpc) is 3.00. The first kappa shape index (κ1) is 17.2. The van der Waals surface area contributed by atoms with Gasteiger partial charge in [0.2, 0.25) is 5.91 Å². The van der Waals surface area contributed by atoms with E-state index in [-0.39, 0.29) is 24.6 Å². The van der Waals surface area contributed by atoms with E-state index in [0.717, 1.165) is 5.56 Å². The summed E-state index contributed by atoms with van der Waals surface area (Å²) >= 11 is 6.12. The molecule has 25 heavy (non-hydrogen) atoms. The Morgan fingerprint density at radius 3 is 2.76 bits per heavy atom. The van der Waals surface area contributed by atoms with Crippen LogP contribution in [0.1, 0.15) is 22.3 Å². The molecule has 0 N–H and O–H groups in total. The molecule has 1 fully saturated rings. The summed E-state index contributed by atoms with van der Waals surface area (Å²) in [6, 6.07) is 11.8. The Bertz CT molecular complexity index is 849. The first-order valence-corrected chi connectivity index (χ1v) is 8.20. The van der Waals surface area contributed by atoms with Gasteiger partial charge < -0.3 is 9.64 Å². The van der Waals surface area contributed by atoms with Crippen LogP contribution in [0.4, 0.5) is 5.69 Å². The standard InChI is InChI=1S/C19H16ClNO4/c1-12-6-7-15(9-16(12)20)21-10-14(8-18(21)23)19(24)25-17-5-3-2-4-13(17)11-22/h2-7,9,11,14H,8,10H2,1H3/t14-/m0/s1. The molecule has 0 bridgehead atoms. The zero-order valence-electron chi connectivity index (χ0n) is 13.6. The second kappa shape index (κ2) is 7.07. The molecule has 3 rings (SSSR count). The summed E-state index contributed by atoms with van der Waals surface area (Å²) in [6.45, 7) is 2.10. The largest absolute Gasteiger partial charge is 0.425 e. The van der Waals surface area contributed by atoms with E-state index in [1.807, 2.05) is 13.0 Å². The number of aldehydes is 1. The van der Waals surface area contributed by atoms with Crippen LogP contribution in [0, 0.1) is 12.8 Å². The topological polar surface area (TPSA) is 63.7 Å². The fourth-order valence-electron chi connectivity index (χ4n) is 2.73. The van der Waals surface area contributed by atoms with Crippen LogP contribution in [-0.4, -0.2) is 24.7 Å². The monoisotopic (exact) mass is 357 g/mol. The van der Waals surface area contributed by atoms with Crippen molar-refractivity contribution < 1.29 is 19.1 Å². The van der Waals surface area contributed by atoms with E-state index in [1.54, 1.807) is 36.4 Å². The van der Waals surface area contributed by atoms with Gasteiger partial charge in [0.25, 0.3) is 0 Å². The van der Waals surface area contributed by atoms with Crippen molar-refractivity contribution in [1.82, 2.24) is 0 Å². The van der Waals surface area contributed by atoms with Gasteiger partial charge in [0.15, 0.2) is 6.29 Å². The van der Waals surface area contributed by atoms with Crippen molar-refractivity contribution in [3.8, 4) is 5.75 Å². The molecule has 0 saturated carbocycles. The maximum atomic E-state index is 12.4. The molecule has 1 aliphatic rings. The maximum absolute atomic E-state index is 12.4. The van der Waals surface area contributed by atoms with E-state index in [2.05, 4.69) is 0 Å². The third-order valence-corrected chi connectivity index (χ3v) is 4.59. The fraction of sp³-hybridized carbons (Fsp3) is 0.211. The molecular weight excluding hydrogens is 342 g/mol. The number of hydrogen-bond donors (Lipinski definition) is 0. The molecular formula is C19H16ClNO4. The van der Waals surface area contributed by atoms with Crippen LogP contribution in [0.2, 0.25) is 5.02 Å². The summed E-state index contributed by atoms with van der Waals surface area (Å²) in [6.07, 6.45) is 0.691. The van der Waals surface area contributed by atoms with E-state index in [1.165, 1.54) is 4.90 Å². The van der Waals surface area contributed by atoms with Crippen molar-refractivity contribution in [2.75, 3.05) is 11.4 Å². The van der Waals surface area contributed by atoms with Gasteiger partial charge in [-0.25, -0.2) is 0 Å². The molecule has 1 aliphatic heterocycles. The molecule has 1 heterocycles. The molecule has 0 aromatic heterocycles. The minimum atomic E-state index is -0.590. The highest BCUT2D eigenvalue weighted by atomic mass is 35.5. The fourth-order valence-corrected chi connectivity index (χ4v) is 2.90. The van der Waals surface area contributed by atoms with Gasteiger partial charge >= 0.3 is 5.97 Å². The number of amides is 1. The van der Waals surface area contributed by atoms with Gasteiger partial charge in [-0.05, 0) is 36.8 Å². The number of ether oxygens (including phenoxy) is 1. The smallest absolute Gasteiger partial charge is 0.316 e. The van der Waals surface area contributed by atoms with Gasteiger partial charge in [0.05, 0.1) is 11.5 Å². The number of aryl methyl sites for hydroxylation is 1. The summed E-state index contributed by atoms with van der Waals surface area (Å²) in [7, 11) is 0. The Morgan fingerprint density at radius 1 is 1.28 bits per heavy atom. The Labute approximate surface area is 150 Å². The van der Waals surface area contributed by atoms with Crippen LogP contribution < -0.4 is 9.64 Å². The number of carbonyl (C=O) groups excluding carboxylic acids is 3. The van der Waals surface area contributed by atoms with Crippen molar-refractivity contribution in [2.24, 2.45) is 5.92 Å². The predicted octanol–water partition coefficient (Wildman–Crippen LogP) is 3.42. The molecule has 1 atom stereocenters. The van der Waals surface area contributed by atoms with Crippen molar-refractivity contribution in [3.63, 3.8) is 0 Å². The van der Waals surface area contributed by atoms with Crippen LogP contribution in [-0.2, 0) is 9.59 Å². The number of esters is 1. The van der Waals surface area contributed by atoms with E-state index < -0.39 is 11.9 Å². The molecule has 1 saturated heterocycles. The van der Waals surface area contributed by atoms with Crippen LogP contribution in [0.15, 0.2) is 42.5 Å². The van der Waals surface area contributed by atoms with Crippen molar-refractivity contribution in [1.29, 1.82) is 0 Å². The lowest BCUT2D eigenvalue weighted by molar-refractivity contribution is -0.139. The SMILES string of the molecule is Cc1ccc(N2C[C@@H](C(=O)Oc3ccccc3C=O)CC2=O)cc1Cl. The predicted molar refractivity (Wildman–Crippen MR) is 94.1 cm³/mol. The molecule has 6 heteroatoms. The molecule has 1 amide bonds. The number of carbonyl (C=O) groups is 3. The number of para-hydroxylation sites is 1. The van der Waals surface area contributed by atoms with E-state index in [4.69, 9.17) is 16.3 Å². The van der Waals surface area contributed by atoms with Gasteiger partial charge in [-0.1, -0.05) is 29.8 Å². The van der Waals surface area contributed by atoms with Crippen LogP contribution in [0.5, 0.6) is 5.75 Å². The minimum Gasteiger partial charge on any atom is -0.425 e. The molecule has 0 aliphatic carbocycles. The number of benzene rings is 2. The molecule has 0 unspecified atom stereocenters. The number of anilines is 1. The van der Waals surface area contributed by atoms with Gasteiger partial charge in [-0.2, -0.15) is 0 Å². The second-order valence-corrected chi connectivity index (χ2v) is 6.32. The van der Waals surface area contributed by atoms with Crippen molar-refractivity contribution in [2.45, 2.75) is 13.3 Å². The maximum Gasteiger partial charge on any atom is 0.316 e. The molecule has 5 nitrogen and oxygen atoms in total. The van der Waals surface area contributed by atoms with E-state index in [0.29, 0.717) is 22.6 Å². The zero-order valence-corrected chi connectivity index (χ0v) is 14.3. The van der Waals surface area contributed by atoms with E-state index >= 15 is 0 Å². The lowest BCUT2D eigenvalue weighted by atomic mass is 10.1. The Hall–Kier alpha value is -2.66. The number of halogens is 1. The average molecular weight is 358 g/mol. The third kappa shape index (κ3) is 3.56. The first-order chi connectivity index (χ1) is 12.0.